The highest BCUT2D eigenvalue weighted by atomic mass is 19.1. The first-order valence-electron chi connectivity index (χ1n) is 6.67. The summed E-state index contributed by atoms with van der Waals surface area (Å²) < 4.78 is 28.9. The van der Waals surface area contributed by atoms with Crippen LogP contribution in [0.1, 0.15) is 5.56 Å². The van der Waals surface area contributed by atoms with E-state index in [0.717, 1.165) is 0 Å². The lowest BCUT2D eigenvalue weighted by atomic mass is 10.1. The molecule has 0 fully saturated rings. The molecule has 1 aliphatic heterocycles. The highest BCUT2D eigenvalue weighted by Gasteiger charge is 2.14. The molecule has 0 saturated carbocycles. The van der Waals surface area contributed by atoms with Gasteiger partial charge in [0.15, 0.2) is 23.1 Å². The molecule has 0 saturated heterocycles. The number of carbonyl (C=O) groups is 1. The molecule has 6 heteroatoms. The van der Waals surface area contributed by atoms with Gasteiger partial charge in [-0.05, 0) is 29.8 Å². The average Bonchev–Trinajstić information content (AvgIpc) is 2.95. The first-order chi connectivity index (χ1) is 10.7. The van der Waals surface area contributed by atoms with Crippen LogP contribution in [0.2, 0.25) is 0 Å². The largest absolute Gasteiger partial charge is 0.494 e. The molecule has 0 spiro atoms. The Kier molecular flexibility index (Phi) is 3.82. The van der Waals surface area contributed by atoms with Gasteiger partial charge in [0.25, 0.3) is 0 Å². The van der Waals surface area contributed by atoms with Gasteiger partial charge >= 0.3 is 0 Å². The zero-order valence-corrected chi connectivity index (χ0v) is 11.9. The van der Waals surface area contributed by atoms with Crippen LogP contribution in [-0.4, -0.2) is 19.8 Å². The number of benzene rings is 2. The second-order valence-corrected chi connectivity index (χ2v) is 4.76. The molecule has 2 aromatic rings. The van der Waals surface area contributed by atoms with Crippen molar-refractivity contribution in [2.45, 2.75) is 6.42 Å². The van der Waals surface area contributed by atoms with Gasteiger partial charge in [0, 0.05) is 11.8 Å². The van der Waals surface area contributed by atoms with E-state index in [0.29, 0.717) is 22.7 Å². The van der Waals surface area contributed by atoms with Crippen molar-refractivity contribution in [1.29, 1.82) is 0 Å². The average molecular weight is 303 g/mol. The molecule has 0 atom stereocenters. The van der Waals surface area contributed by atoms with E-state index in [4.69, 9.17) is 14.2 Å². The molecule has 0 bridgehead atoms. The topological polar surface area (TPSA) is 56.8 Å². The monoisotopic (exact) mass is 303 g/mol. The van der Waals surface area contributed by atoms with Gasteiger partial charge in [-0.25, -0.2) is 4.39 Å². The number of amides is 1. The van der Waals surface area contributed by atoms with Crippen LogP contribution < -0.4 is 19.5 Å². The van der Waals surface area contributed by atoms with Crippen molar-refractivity contribution in [2.24, 2.45) is 0 Å². The fourth-order valence-corrected chi connectivity index (χ4v) is 2.18. The van der Waals surface area contributed by atoms with Gasteiger partial charge in [-0.1, -0.05) is 6.07 Å². The van der Waals surface area contributed by atoms with Gasteiger partial charge in [0.05, 0.1) is 13.5 Å². The molecular weight excluding hydrogens is 289 g/mol. The molecule has 0 aliphatic carbocycles. The molecule has 1 aliphatic rings. The van der Waals surface area contributed by atoms with E-state index in [2.05, 4.69) is 5.32 Å². The molecule has 5 nitrogen and oxygen atoms in total. The lowest BCUT2D eigenvalue weighted by molar-refractivity contribution is -0.115. The summed E-state index contributed by atoms with van der Waals surface area (Å²) in [6, 6.07) is 9.58. The third kappa shape index (κ3) is 2.95. The Morgan fingerprint density at radius 1 is 1.23 bits per heavy atom. The van der Waals surface area contributed by atoms with Gasteiger partial charge < -0.3 is 19.5 Å². The van der Waals surface area contributed by atoms with E-state index < -0.39 is 5.82 Å². The minimum atomic E-state index is -0.490. The zero-order valence-electron chi connectivity index (χ0n) is 11.9. The Morgan fingerprint density at radius 3 is 2.82 bits per heavy atom. The Bertz CT molecular complexity index is 717. The number of nitrogens with one attached hydrogen (secondary N) is 1. The standard InChI is InChI=1S/C16H14FNO4/c1-20-13-4-2-10(6-12(13)17)7-16(19)18-11-3-5-14-15(8-11)22-9-21-14/h2-6,8H,7,9H2,1H3,(H,18,19). The van der Waals surface area contributed by atoms with Crippen LogP contribution in [0.3, 0.4) is 0 Å². The van der Waals surface area contributed by atoms with Crippen LogP contribution in [0.15, 0.2) is 36.4 Å². The molecule has 3 rings (SSSR count). The smallest absolute Gasteiger partial charge is 0.231 e. The van der Waals surface area contributed by atoms with Crippen LogP contribution in [0.25, 0.3) is 0 Å². The predicted molar refractivity (Wildman–Crippen MR) is 77.9 cm³/mol. The van der Waals surface area contributed by atoms with Crippen LogP contribution in [0, 0.1) is 5.82 Å². The van der Waals surface area contributed by atoms with E-state index in [1.54, 1.807) is 24.3 Å². The molecule has 2 aromatic carbocycles. The van der Waals surface area contributed by atoms with Gasteiger partial charge in [-0.15, -0.1) is 0 Å². The van der Waals surface area contributed by atoms with Crippen LogP contribution >= 0.6 is 0 Å². The van der Waals surface area contributed by atoms with Crippen LogP contribution in [0.5, 0.6) is 17.2 Å². The molecule has 0 radical (unpaired) electrons. The Morgan fingerprint density at radius 2 is 2.05 bits per heavy atom. The van der Waals surface area contributed by atoms with E-state index in [1.807, 2.05) is 0 Å². The molecule has 114 valence electrons. The summed E-state index contributed by atoms with van der Waals surface area (Å²) in [5.74, 6) is 0.655. The molecule has 1 heterocycles. The number of hydrogen-bond acceptors (Lipinski definition) is 4. The van der Waals surface area contributed by atoms with E-state index in [9.17, 15) is 9.18 Å². The fourth-order valence-electron chi connectivity index (χ4n) is 2.18. The number of ether oxygens (including phenoxy) is 3. The maximum absolute atomic E-state index is 13.6. The van der Waals surface area contributed by atoms with E-state index in [1.165, 1.54) is 19.2 Å². The van der Waals surface area contributed by atoms with Gasteiger partial charge in [-0.3, -0.25) is 4.79 Å². The number of halogens is 1. The first-order valence-corrected chi connectivity index (χ1v) is 6.67. The number of carbonyl (C=O) groups excluding carboxylic acids is 1. The van der Waals surface area contributed by atoms with Gasteiger partial charge in [-0.2, -0.15) is 0 Å². The lowest BCUT2D eigenvalue weighted by Crippen LogP contribution is -2.14. The number of methoxy groups -OCH3 is 1. The zero-order chi connectivity index (χ0) is 15.5. The maximum Gasteiger partial charge on any atom is 0.231 e. The van der Waals surface area contributed by atoms with Crippen molar-refractivity contribution < 1.29 is 23.4 Å². The molecule has 0 aromatic heterocycles. The van der Waals surface area contributed by atoms with Crippen molar-refractivity contribution in [3.63, 3.8) is 0 Å². The summed E-state index contributed by atoms with van der Waals surface area (Å²) in [6.07, 6.45) is 0.0648. The molecular formula is C16H14FNO4. The first kappa shape index (κ1) is 14.2. The SMILES string of the molecule is COc1ccc(CC(=O)Nc2ccc3c(c2)OCO3)cc1F. The van der Waals surface area contributed by atoms with Crippen molar-refractivity contribution in [3.8, 4) is 17.2 Å². The molecule has 1 amide bonds. The van der Waals surface area contributed by atoms with E-state index in [-0.39, 0.29) is 24.9 Å². The molecule has 1 N–H and O–H groups in total. The molecule has 22 heavy (non-hydrogen) atoms. The van der Waals surface area contributed by atoms with Gasteiger partial charge in [0.1, 0.15) is 0 Å². The summed E-state index contributed by atoms with van der Waals surface area (Å²) in [6.45, 7) is 0.178. The molecule has 0 unspecified atom stereocenters. The van der Waals surface area contributed by atoms with Crippen molar-refractivity contribution >= 4 is 11.6 Å². The third-order valence-corrected chi connectivity index (χ3v) is 3.24. The summed E-state index contributed by atoms with van der Waals surface area (Å²) in [5.41, 5.74) is 1.17. The summed E-state index contributed by atoms with van der Waals surface area (Å²) in [7, 11) is 1.39. The van der Waals surface area contributed by atoms with Crippen LogP contribution in [-0.2, 0) is 11.2 Å². The minimum absolute atomic E-state index is 0.0648. The van der Waals surface area contributed by atoms with Crippen molar-refractivity contribution in [3.05, 3.63) is 47.8 Å². The second-order valence-electron chi connectivity index (χ2n) is 4.76. The highest BCUT2D eigenvalue weighted by Crippen LogP contribution is 2.34. The Hall–Kier alpha value is -2.76. The summed E-state index contributed by atoms with van der Waals surface area (Å²) in [4.78, 5) is 12.0. The maximum atomic E-state index is 13.6. The number of fused-ring (bicyclic) bond motifs is 1. The third-order valence-electron chi connectivity index (χ3n) is 3.24. The highest BCUT2D eigenvalue weighted by molar-refractivity contribution is 5.92. The van der Waals surface area contributed by atoms with E-state index >= 15 is 0 Å². The Balaban J connectivity index is 1.66. The Labute approximate surface area is 126 Å². The fraction of sp³-hybridized carbons (Fsp3) is 0.188. The number of rotatable bonds is 4. The normalized spacial score (nSPS) is 12.1. The van der Waals surface area contributed by atoms with Crippen molar-refractivity contribution in [1.82, 2.24) is 0 Å². The van der Waals surface area contributed by atoms with Gasteiger partial charge in [0.2, 0.25) is 12.7 Å². The second kappa shape index (κ2) is 5.93. The number of anilines is 1. The number of hydrogen-bond donors (Lipinski definition) is 1. The summed E-state index contributed by atoms with van der Waals surface area (Å²) >= 11 is 0. The van der Waals surface area contributed by atoms with Crippen molar-refractivity contribution in [2.75, 3.05) is 19.2 Å². The predicted octanol–water partition coefficient (Wildman–Crippen LogP) is 2.74. The minimum Gasteiger partial charge on any atom is -0.494 e. The summed E-state index contributed by atoms with van der Waals surface area (Å²) in [5, 5.41) is 2.74. The van der Waals surface area contributed by atoms with Crippen LogP contribution in [0.4, 0.5) is 10.1 Å². The lowest BCUT2D eigenvalue weighted by Gasteiger charge is -2.07. The quantitative estimate of drug-likeness (QED) is 0.943.